The molecule has 1 N–H and O–H groups in total. The summed E-state index contributed by atoms with van der Waals surface area (Å²) in [7, 11) is 0. The third kappa shape index (κ3) is 1.44. The Morgan fingerprint density at radius 2 is 2.25 bits per heavy atom. The Morgan fingerprint density at radius 3 is 3.06 bits per heavy atom. The lowest BCUT2D eigenvalue weighted by molar-refractivity contribution is -0.115. The van der Waals surface area contributed by atoms with Crippen molar-refractivity contribution < 1.29 is 4.79 Å². The number of nitrogens with zero attached hydrogens (tertiary/aromatic N) is 2. The third-order valence-electron chi connectivity index (χ3n) is 2.57. The summed E-state index contributed by atoms with van der Waals surface area (Å²) in [5.74, 6) is 0.0279. The van der Waals surface area contributed by atoms with E-state index in [0.29, 0.717) is 6.42 Å². The second-order valence-electron chi connectivity index (χ2n) is 3.69. The van der Waals surface area contributed by atoms with E-state index in [1.54, 1.807) is 18.6 Å². The molecule has 3 heterocycles. The molecular formula is C12H9N3O. The molecule has 3 rings (SSSR count). The average molecular weight is 211 g/mol. The summed E-state index contributed by atoms with van der Waals surface area (Å²) in [5.41, 5.74) is 3.63. The summed E-state index contributed by atoms with van der Waals surface area (Å²) < 4.78 is 0. The zero-order valence-corrected chi connectivity index (χ0v) is 8.47. The van der Waals surface area contributed by atoms with Crippen molar-refractivity contribution in [3.8, 4) is 11.3 Å². The van der Waals surface area contributed by atoms with Gasteiger partial charge in [0.05, 0.1) is 24.0 Å². The van der Waals surface area contributed by atoms with Crippen LogP contribution in [0.1, 0.15) is 5.56 Å². The first-order valence-electron chi connectivity index (χ1n) is 5.02. The molecule has 1 aliphatic rings. The van der Waals surface area contributed by atoms with Crippen LogP contribution in [0.2, 0.25) is 0 Å². The third-order valence-corrected chi connectivity index (χ3v) is 2.57. The number of fused-ring (bicyclic) bond motifs is 1. The van der Waals surface area contributed by atoms with Crippen LogP contribution in [0.25, 0.3) is 11.3 Å². The molecular weight excluding hydrogens is 202 g/mol. The van der Waals surface area contributed by atoms with Crippen molar-refractivity contribution in [2.75, 3.05) is 5.32 Å². The van der Waals surface area contributed by atoms with E-state index >= 15 is 0 Å². The van der Waals surface area contributed by atoms with Gasteiger partial charge < -0.3 is 5.32 Å². The van der Waals surface area contributed by atoms with Crippen LogP contribution in [0.5, 0.6) is 0 Å². The molecule has 1 aliphatic heterocycles. The average Bonchev–Trinajstić information content (AvgIpc) is 2.69. The molecule has 0 atom stereocenters. The predicted molar refractivity (Wildman–Crippen MR) is 59.8 cm³/mol. The number of rotatable bonds is 1. The topological polar surface area (TPSA) is 54.9 Å². The fourth-order valence-corrected chi connectivity index (χ4v) is 1.80. The van der Waals surface area contributed by atoms with Crippen molar-refractivity contribution in [1.29, 1.82) is 0 Å². The van der Waals surface area contributed by atoms with Crippen molar-refractivity contribution >= 4 is 11.6 Å². The van der Waals surface area contributed by atoms with Crippen LogP contribution in [-0.4, -0.2) is 15.9 Å². The molecule has 0 aliphatic carbocycles. The number of carbonyl (C=O) groups excluding carboxylic acids is 1. The van der Waals surface area contributed by atoms with Gasteiger partial charge in [-0.15, -0.1) is 0 Å². The first kappa shape index (κ1) is 9.03. The maximum absolute atomic E-state index is 11.2. The fraction of sp³-hybridized carbons (Fsp3) is 0.0833. The van der Waals surface area contributed by atoms with Crippen molar-refractivity contribution in [2.24, 2.45) is 0 Å². The molecule has 1 amide bonds. The molecule has 0 fully saturated rings. The van der Waals surface area contributed by atoms with Gasteiger partial charge in [-0.3, -0.25) is 14.8 Å². The number of amides is 1. The summed E-state index contributed by atoms with van der Waals surface area (Å²) >= 11 is 0. The molecule has 0 saturated heterocycles. The lowest BCUT2D eigenvalue weighted by Crippen LogP contribution is -2.03. The summed E-state index contributed by atoms with van der Waals surface area (Å²) in [4.78, 5) is 19.5. The highest BCUT2D eigenvalue weighted by atomic mass is 16.1. The summed E-state index contributed by atoms with van der Waals surface area (Å²) in [6.45, 7) is 0. The van der Waals surface area contributed by atoms with Gasteiger partial charge in [-0.25, -0.2) is 0 Å². The minimum Gasteiger partial charge on any atom is -0.324 e. The van der Waals surface area contributed by atoms with Crippen LogP contribution in [-0.2, 0) is 11.2 Å². The molecule has 4 nitrogen and oxygen atoms in total. The smallest absolute Gasteiger partial charge is 0.228 e. The van der Waals surface area contributed by atoms with Crippen LogP contribution in [0.3, 0.4) is 0 Å². The highest BCUT2D eigenvalue weighted by Gasteiger charge is 2.18. The second-order valence-corrected chi connectivity index (χ2v) is 3.69. The van der Waals surface area contributed by atoms with Crippen LogP contribution >= 0.6 is 0 Å². The standard InChI is InChI=1S/C12H9N3O/c16-12-5-9-4-10(14-7-11(9)15-12)8-2-1-3-13-6-8/h1-4,6-7H,5H2,(H,15,16). The predicted octanol–water partition coefficient (Wildman–Crippen LogP) is 1.64. The number of carbonyl (C=O) groups is 1. The maximum atomic E-state index is 11.2. The van der Waals surface area contributed by atoms with Crippen molar-refractivity contribution in [1.82, 2.24) is 9.97 Å². The first-order valence-corrected chi connectivity index (χ1v) is 5.02. The molecule has 0 aromatic carbocycles. The van der Waals surface area contributed by atoms with Gasteiger partial charge in [0.25, 0.3) is 0 Å². The van der Waals surface area contributed by atoms with Gasteiger partial charge in [-0.1, -0.05) is 0 Å². The van der Waals surface area contributed by atoms with Gasteiger partial charge in [0.15, 0.2) is 0 Å². The molecule has 78 valence electrons. The monoisotopic (exact) mass is 211 g/mol. The lowest BCUT2D eigenvalue weighted by Gasteiger charge is -2.02. The summed E-state index contributed by atoms with van der Waals surface area (Å²) in [6.07, 6.45) is 5.62. The van der Waals surface area contributed by atoms with E-state index in [-0.39, 0.29) is 5.91 Å². The van der Waals surface area contributed by atoms with Gasteiger partial charge in [0, 0.05) is 18.0 Å². The van der Waals surface area contributed by atoms with Gasteiger partial charge >= 0.3 is 0 Å². The lowest BCUT2D eigenvalue weighted by atomic mass is 10.1. The van der Waals surface area contributed by atoms with E-state index in [4.69, 9.17) is 0 Å². The summed E-state index contributed by atoms with van der Waals surface area (Å²) in [5, 5.41) is 2.76. The molecule has 16 heavy (non-hydrogen) atoms. The Morgan fingerprint density at radius 1 is 1.31 bits per heavy atom. The molecule has 4 heteroatoms. The number of nitrogens with one attached hydrogen (secondary N) is 1. The SMILES string of the molecule is O=C1Cc2cc(-c3cccnc3)ncc2N1. The minimum atomic E-state index is 0.0279. The molecule has 0 bridgehead atoms. The number of aromatic nitrogens is 2. The van der Waals surface area contributed by atoms with Gasteiger partial charge in [-0.2, -0.15) is 0 Å². The maximum Gasteiger partial charge on any atom is 0.228 e. The number of pyridine rings is 2. The van der Waals surface area contributed by atoms with Crippen molar-refractivity contribution in [3.05, 3.63) is 42.4 Å². The Kier molecular flexibility index (Phi) is 1.93. The number of hydrogen-bond acceptors (Lipinski definition) is 3. The minimum absolute atomic E-state index is 0.0279. The molecule has 2 aromatic rings. The Balaban J connectivity index is 2.06. The van der Waals surface area contributed by atoms with Crippen molar-refractivity contribution in [3.63, 3.8) is 0 Å². The van der Waals surface area contributed by atoms with E-state index in [9.17, 15) is 4.79 Å². The van der Waals surface area contributed by atoms with Crippen molar-refractivity contribution in [2.45, 2.75) is 6.42 Å². The Bertz CT molecular complexity index is 551. The zero-order valence-electron chi connectivity index (χ0n) is 8.47. The molecule has 0 saturated carbocycles. The number of hydrogen-bond donors (Lipinski definition) is 1. The Labute approximate surface area is 92.4 Å². The second kappa shape index (κ2) is 3.41. The highest BCUT2D eigenvalue weighted by Crippen LogP contribution is 2.26. The van der Waals surface area contributed by atoms with E-state index in [1.807, 2.05) is 18.2 Å². The molecule has 0 radical (unpaired) electrons. The highest BCUT2D eigenvalue weighted by molar-refractivity contribution is 5.99. The van der Waals surface area contributed by atoms with E-state index in [2.05, 4.69) is 15.3 Å². The van der Waals surface area contributed by atoms with E-state index < -0.39 is 0 Å². The summed E-state index contributed by atoms with van der Waals surface area (Å²) in [6, 6.07) is 5.75. The van der Waals surface area contributed by atoms with Gasteiger partial charge in [0.2, 0.25) is 5.91 Å². The number of anilines is 1. The normalized spacial score (nSPS) is 13.4. The first-order chi connectivity index (χ1) is 7.83. The molecule has 2 aromatic heterocycles. The van der Waals surface area contributed by atoms with Crippen LogP contribution in [0.15, 0.2) is 36.8 Å². The van der Waals surface area contributed by atoms with Crippen LogP contribution in [0.4, 0.5) is 5.69 Å². The van der Waals surface area contributed by atoms with Crippen LogP contribution in [0, 0.1) is 0 Å². The van der Waals surface area contributed by atoms with E-state index in [0.717, 1.165) is 22.5 Å². The largest absolute Gasteiger partial charge is 0.324 e. The van der Waals surface area contributed by atoms with Gasteiger partial charge in [-0.05, 0) is 23.8 Å². The van der Waals surface area contributed by atoms with E-state index in [1.165, 1.54) is 0 Å². The molecule has 0 spiro atoms. The van der Waals surface area contributed by atoms with Crippen LogP contribution < -0.4 is 5.32 Å². The Hall–Kier alpha value is -2.23. The fourth-order valence-electron chi connectivity index (χ4n) is 1.80. The zero-order chi connectivity index (χ0) is 11.0. The van der Waals surface area contributed by atoms with Gasteiger partial charge in [0.1, 0.15) is 0 Å². The molecule has 0 unspecified atom stereocenters. The quantitative estimate of drug-likeness (QED) is 0.780.